The second-order valence-electron chi connectivity index (χ2n) is 5.40. The average Bonchev–Trinajstić information content (AvgIpc) is 3.03. The maximum absolute atomic E-state index is 14.1. The van der Waals surface area contributed by atoms with Gasteiger partial charge in [-0.1, -0.05) is 28.9 Å². The van der Waals surface area contributed by atoms with Crippen LogP contribution in [0.25, 0.3) is 0 Å². The predicted octanol–water partition coefficient (Wildman–Crippen LogP) is 3.61. The third-order valence-corrected chi connectivity index (χ3v) is 3.88. The highest BCUT2D eigenvalue weighted by Gasteiger charge is 2.24. The van der Waals surface area contributed by atoms with E-state index >= 15 is 0 Å². The molecule has 2 N–H and O–H groups in total. The third-order valence-electron chi connectivity index (χ3n) is 3.65. The first-order valence-corrected chi connectivity index (χ1v) is 7.71. The summed E-state index contributed by atoms with van der Waals surface area (Å²) in [6.45, 7) is -0.0716. The molecular weight excluding hydrogens is 354 g/mol. The number of benzene rings is 2. The quantitative estimate of drug-likeness (QED) is 0.878. The molecule has 1 amide bonds. The topological polar surface area (TPSA) is 73.9 Å². The maximum atomic E-state index is 14.1. The molecule has 0 radical (unpaired) electrons. The molecule has 130 valence electrons. The minimum atomic E-state index is -1.21. The number of hydrogen-bond donors (Lipinski definition) is 1. The summed E-state index contributed by atoms with van der Waals surface area (Å²) in [6, 6.07) is 9.18. The summed E-state index contributed by atoms with van der Waals surface area (Å²) in [6.07, 6.45) is 0.128. The van der Waals surface area contributed by atoms with Crippen LogP contribution in [0.2, 0.25) is 5.02 Å². The Morgan fingerprint density at radius 3 is 2.88 bits per heavy atom. The molecule has 3 rings (SSSR count). The van der Waals surface area contributed by atoms with E-state index in [9.17, 15) is 13.6 Å². The van der Waals surface area contributed by atoms with Gasteiger partial charge in [0.15, 0.2) is 17.7 Å². The SMILES string of the molecule is NC(=O)c1c(F)ccc(OCC2=NOC(c3cccc(Cl)c3)C2)c1F. The number of hydrogen-bond acceptors (Lipinski definition) is 4. The van der Waals surface area contributed by atoms with Crippen LogP contribution in [0, 0.1) is 11.6 Å². The summed E-state index contributed by atoms with van der Waals surface area (Å²) in [5.74, 6) is -3.68. The van der Waals surface area contributed by atoms with Crippen LogP contribution in [-0.4, -0.2) is 18.2 Å². The van der Waals surface area contributed by atoms with Crippen molar-refractivity contribution in [3.8, 4) is 5.75 Å². The van der Waals surface area contributed by atoms with Gasteiger partial charge in [-0.2, -0.15) is 0 Å². The number of rotatable bonds is 5. The van der Waals surface area contributed by atoms with E-state index in [0.29, 0.717) is 17.2 Å². The summed E-state index contributed by atoms with van der Waals surface area (Å²) >= 11 is 5.94. The highest BCUT2D eigenvalue weighted by atomic mass is 35.5. The van der Waals surface area contributed by atoms with E-state index in [1.54, 1.807) is 18.2 Å². The molecule has 0 saturated carbocycles. The monoisotopic (exact) mass is 366 g/mol. The van der Waals surface area contributed by atoms with Crippen molar-refractivity contribution < 1.29 is 23.1 Å². The first kappa shape index (κ1) is 17.2. The van der Waals surface area contributed by atoms with E-state index in [0.717, 1.165) is 17.7 Å². The molecule has 2 aromatic carbocycles. The number of nitrogens with two attached hydrogens (primary N) is 1. The van der Waals surface area contributed by atoms with Crippen LogP contribution >= 0.6 is 11.6 Å². The molecule has 0 aromatic heterocycles. The van der Waals surface area contributed by atoms with Crippen LogP contribution in [0.1, 0.15) is 28.4 Å². The number of primary amides is 1. The molecule has 0 aliphatic carbocycles. The van der Waals surface area contributed by atoms with Gasteiger partial charge in [0.1, 0.15) is 18.0 Å². The van der Waals surface area contributed by atoms with E-state index in [-0.39, 0.29) is 18.5 Å². The molecule has 0 spiro atoms. The maximum Gasteiger partial charge on any atom is 0.254 e. The van der Waals surface area contributed by atoms with Gasteiger partial charge in [0.25, 0.3) is 5.91 Å². The number of nitrogens with zero attached hydrogens (tertiary/aromatic N) is 1. The van der Waals surface area contributed by atoms with Gasteiger partial charge < -0.3 is 15.3 Å². The number of amides is 1. The second-order valence-corrected chi connectivity index (χ2v) is 5.83. The van der Waals surface area contributed by atoms with Crippen LogP contribution < -0.4 is 10.5 Å². The molecule has 0 fully saturated rings. The van der Waals surface area contributed by atoms with Crippen LogP contribution in [0.5, 0.6) is 5.75 Å². The minimum Gasteiger partial charge on any atom is -0.484 e. The Morgan fingerprint density at radius 2 is 2.16 bits per heavy atom. The van der Waals surface area contributed by atoms with E-state index in [2.05, 4.69) is 5.16 Å². The molecule has 2 aromatic rings. The lowest BCUT2D eigenvalue weighted by atomic mass is 10.1. The highest BCUT2D eigenvalue weighted by Crippen LogP contribution is 2.29. The van der Waals surface area contributed by atoms with Crippen molar-refractivity contribution in [2.45, 2.75) is 12.5 Å². The second kappa shape index (κ2) is 7.06. The Bertz CT molecular complexity index is 858. The lowest BCUT2D eigenvalue weighted by molar-refractivity contribution is 0.0856. The standard InChI is InChI=1S/C17H13ClF2N2O3/c18-10-3-1-2-9(6-10)14-7-11(22-25-14)8-24-13-5-4-12(19)15(16(13)20)17(21)23/h1-6,14H,7-8H2,(H2,21,23). The molecule has 1 heterocycles. The molecule has 8 heteroatoms. The van der Waals surface area contributed by atoms with E-state index in [1.165, 1.54) is 0 Å². The average molecular weight is 367 g/mol. The fourth-order valence-corrected chi connectivity index (χ4v) is 2.63. The predicted molar refractivity (Wildman–Crippen MR) is 87.7 cm³/mol. The Hall–Kier alpha value is -2.67. The Balaban J connectivity index is 1.66. The van der Waals surface area contributed by atoms with Crippen molar-refractivity contribution >= 4 is 23.2 Å². The molecule has 1 aliphatic heterocycles. The van der Waals surface area contributed by atoms with E-state index in [1.807, 2.05) is 6.07 Å². The molecule has 1 atom stereocenters. The summed E-state index contributed by atoms with van der Waals surface area (Å²) < 4.78 is 32.8. The van der Waals surface area contributed by atoms with Gasteiger partial charge in [-0.25, -0.2) is 8.78 Å². The largest absolute Gasteiger partial charge is 0.484 e. The van der Waals surface area contributed by atoms with Crippen molar-refractivity contribution in [3.63, 3.8) is 0 Å². The fraction of sp³-hybridized carbons (Fsp3) is 0.176. The zero-order valence-corrected chi connectivity index (χ0v) is 13.6. The molecule has 0 saturated heterocycles. The van der Waals surface area contributed by atoms with Gasteiger partial charge in [0, 0.05) is 11.4 Å². The van der Waals surface area contributed by atoms with Gasteiger partial charge in [-0.05, 0) is 29.8 Å². The van der Waals surface area contributed by atoms with Crippen LogP contribution in [0.4, 0.5) is 8.78 Å². The van der Waals surface area contributed by atoms with Gasteiger partial charge in [-0.3, -0.25) is 4.79 Å². The first-order valence-electron chi connectivity index (χ1n) is 7.33. The number of carbonyl (C=O) groups is 1. The molecule has 0 bridgehead atoms. The number of ether oxygens (including phenoxy) is 1. The smallest absolute Gasteiger partial charge is 0.254 e. The number of halogens is 3. The normalized spacial score (nSPS) is 16.3. The Morgan fingerprint density at radius 1 is 1.36 bits per heavy atom. The van der Waals surface area contributed by atoms with Crippen molar-refractivity contribution in [1.29, 1.82) is 0 Å². The van der Waals surface area contributed by atoms with Crippen molar-refractivity contribution in [1.82, 2.24) is 0 Å². The van der Waals surface area contributed by atoms with Crippen LogP contribution in [0.15, 0.2) is 41.6 Å². The van der Waals surface area contributed by atoms with Crippen LogP contribution in [0.3, 0.4) is 0 Å². The Kier molecular flexibility index (Phi) is 4.85. The van der Waals surface area contributed by atoms with E-state index in [4.69, 9.17) is 26.9 Å². The van der Waals surface area contributed by atoms with Gasteiger partial charge in [0.2, 0.25) is 0 Å². The fourth-order valence-electron chi connectivity index (χ4n) is 2.43. The summed E-state index contributed by atoms with van der Waals surface area (Å²) in [5.41, 5.74) is 5.53. The summed E-state index contributed by atoms with van der Waals surface area (Å²) in [4.78, 5) is 16.4. The van der Waals surface area contributed by atoms with Crippen molar-refractivity contribution in [2.24, 2.45) is 10.9 Å². The lowest BCUT2D eigenvalue weighted by Gasteiger charge is -2.10. The summed E-state index contributed by atoms with van der Waals surface area (Å²) in [5, 5.41) is 4.49. The minimum absolute atomic E-state index is 0.0716. The number of carbonyl (C=O) groups excluding carboxylic acids is 1. The molecular formula is C17H13ClF2N2O3. The van der Waals surface area contributed by atoms with Crippen molar-refractivity contribution in [3.05, 3.63) is 64.2 Å². The highest BCUT2D eigenvalue weighted by molar-refractivity contribution is 6.30. The molecule has 25 heavy (non-hydrogen) atoms. The van der Waals surface area contributed by atoms with Crippen molar-refractivity contribution in [2.75, 3.05) is 6.61 Å². The zero-order chi connectivity index (χ0) is 18.0. The summed E-state index contributed by atoms with van der Waals surface area (Å²) in [7, 11) is 0. The van der Waals surface area contributed by atoms with Gasteiger partial charge in [-0.15, -0.1) is 0 Å². The van der Waals surface area contributed by atoms with E-state index < -0.39 is 23.1 Å². The van der Waals surface area contributed by atoms with Gasteiger partial charge in [0.05, 0.1) is 5.71 Å². The first-order chi connectivity index (χ1) is 12.0. The zero-order valence-electron chi connectivity index (χ0n) is 12.8. The number of oxime groups is 1. The Labute approximate surface area is 147 Å². The third kappa shape index (κ3) is 3.71. The lowest BCUT2D eigenvalue weighted by Crippen LogP contribution is -2.17. The van der Waals surface area contributed by atoms with Gasteiger partial charge >= 0.3 is 0 Å². The molecule has 5 nitrogen and oxygen atoms in total. The molecule has 1 unspecified atom stereocenters. The van der Waals surface area contributed by atoms with Crippen LogP contribution in [-0.2, 0) is 4.84 Å². The molecule has 1 aliphatic rings.